The number of aryl methyl sites for hydroxylation is 1. The summed E-state index contributed by atoms with van der Waals surface area (Å²) >= 11 is 0. The monoisotopic (exact) mass is 280 g/mol. The van der Waals surface area contributed by atoms with E-state index in [0.29, 0.717) is 43.1 Å². The first-order valence-corrected chi connectivity index (χ1v) is 7.13. The molecule has 2 aliphatic rings. The number of aromatic nitrogens is 1. The zero-order chi connectivity index (χ0) is 14.3. The number of piperidine rings is 1. The molecule has 6 nitrogen and oxygen atoms in total. The Kier molecular flexibility index (Phi) is 3.30. The molecule has 110 valence electrons. The van der Waals surface area contributed by atoms with Crippen molar-refractivity contribution in [1.29, 1.82) is 0 Å². The maximum absolute atomic E-state index is 12.6. The van der Waals surface area contributed by atoms with Gasteiger partial charge in [0.2, 0.25) is 0 Å². The zero-order valence-electron chi connectivity index (χ0n) is 11.6. The van der Waals surface area contributed by atoms with Gasteiger partial charge < -0.3 is 19.6 Å². The first-order chi connectivity index (χ1) is 9.54. The maximum atomic E-state index is 12.6. The van der Waals surface area contributed by atoms with Crippen LogP contribution in [0.5, 0.6) is 0 Å². The quantitative estimate of drug-likeness (QED) is 0.856. The summed E-state index contributed by atoms with van der Waals surface area (Å²) in [6, 6.07) is 0. The molecule has 2 N–H and O–H groups in total. The second-order valence-electron chi connectivity index (χ2n) is 5.96. The average molecular weight is 280 g/mol. The minimum absolute atomic E-state index is 0.0642. The van der Waals surface area contributed by atoms with Crippen LogP contribution >= 0.6 is 0 Å². The van der Waals surface area contributed by atoms with Gasteiger partial charge in [0.05, 0.1) is 17.9 Å². The fourth-order valence-electron chi connectivity index (χ4n) is 2.71. The number of amides is 1. The minimum atomic E-state index is -1.04. The summed E-state index contributed by atoms with van der Waals surface area (Å²) in [7, 11) is 0. The molecule has 1 aliphatic carbocycles. The van der Waals surface area contributed by atoms with Gasteiger partial charge in [-0.3, -0.25) is 4.79 Å². The fraction of sp³-hybridized carbons (Fsp3) is 0.714. The van der Waals surface area contributed by atoms with Gasteiger partial charge in [-0.25, -0.2) is 0 Å². The normalized spacial score (nSPS) is 22.1. The number of likely N-dealkylation sites (tertiary alicyclic amines) is 1. The van der Waals surface area contributed by atoms with E-state index < -0.39 is 5.60 Å². The van der Waals surface area contributed by atoms with Gasteiger partial charge in [-0.15, -0.1) is 0 Å². The Balaban J connectivity index is 1.75. The van der Waals surface area contributed by atoms with Gasteiger partial charge in [-0.05, 0) is 32.6 Å². The second kappa shape index (κ2) is 4.86. The van der Waals surface area contributed by atoms with E-state index in [9.17, 15) is 9.90 Å². The number of aliphatic hydroxyl groups is 2. The molecule has 0 bridgehead atoms. The smallest absolute Gasteiger partial charge is 0.259 e. The summed E-state index contributed by atoms with van der Waals surface area (Å²) in [5, 5.41) is 23.1. The van der Waals surface area contributed by atoms with Crippen LogP contribution in [0.3, 0.4) is 0 Å². The van der Waals surface area contributed by atoms with E-state index in [1.54, 1.807) is 11.8 Å². The summed E-state index contributed by atoms with van der Waals surface area (Å²) in [6.07, 6.45) is 2.91. The summed E-state index contributed by atoms with van der Waals surface area (Å²) in [4.78, 5) is 14.3. The van der Waals surface area contributed by atoms with Crippen molar-refractivity contribution in [3.63, 3.8) is 0 Å². The summed E-state index contributed by atoms with van der Waals surface area (Å²) in [5.41, 5.74) is 0.196. The van der Waals surface area contributed by atoms with Gasteiger partial charge in [-0.2, -0.15) is 0 Å². The molecule has 1 amide bonds. The lowest BCUT2D eigenvalue weighted by Gasteiger charge is -2.36. The number of carbonyl (C=O) groups is 1. The van der Waals surface area contributed by atoms with Gasteiger partial charge in [0.25, 0.3) is 5.91 Å². The Morgan fingerprint density at radius 1 is 1.45 bits per heavy atom. The molecule has 0 radical (unpaired) electrons. The van der Waals surface area contributed by atoms with Crippen LogP contribution in [0.2, 0.25) is 0 Å². The minimum Gasteiger partial charge on any atom is -0.393 e. The molecular formula is C14H20N2O4. The van der Waals surface area contributed by atoms with Gasteiger partial charge in [0.15, 0.2) is 5.76 Å². The molecule has 6 heteroatoms. The molecule has 0 spiro atoms. The Hall–Kier alpha value is -1.40. The molecule has 2 fully saturated rings. The van der Waals surface area contributed by atoms with Crippen molar-refractivity contribution in [2.24, 2.45) is 0 Å². The van der Waals surface area contributed by atoms with E-state index in [-0.39, 0.29) is 12.5 Å². The third-order valence-corrected chi connectivity index (χ3v) is 4.33. The summed E-state index contributed by atoms with van der Waals surface area (Å²) < 4.78 is 5.31. The lowest BCUT2D eigenvalue weighted by Crippen LogP contribution is -2.48. The maximum Gasteiger partial charge on any atom is 0.259 e. The van der Waals surface area contributed by atoms with Crippen LogP contribution in [0.1, 0.15) is 53.4 Å². The summed E-state index contributed by atoms with van der Waals surface area (Å²) in [5.74, 6) is 0.996. The molecular weight excluding hydrogens is 260 g/mol. The highest BCUT2D eigenvalue weighted by Gasteiger charge is 2.38. The molecule has 1 aromatic rings. The molecule has 0 unspecified atom stereocenters. The number of carbonyl (C=O) groups excluding carboxylic acids is 1. The molecule has 3 rings (SSSR count). The first-order valence-electron chi connectivity index (χ1n) is 7.13. The lowest BCUT2D eigenvalue weighted by atomic mass is 9.92. The second-order valence-corrected chi connectivity index (χ2v) is 5.96. The van der Waals surface area contributed by atoms with Crippen LogP contribution in [0.25, 0.3) is 0 Å². The first kappa shape index (κ1) is 13.6. The van der Waals surface area contributed by atoms with E-state index in [4.69, 9.17) is 9.63 Å². The molecule has 1 saturated carbocycles. The zero-order valence-corrected chi connectivity index (χ0v) is 11.6. The van der Waals surface area contributed by atoms with Crippen LogP contribution in [0, 0.1) is 6.92 Å². The van der Waals surface area contributed by atoms with Crippen LogP contribution < -0.4 is 0 Å². The summed E-state index contributed by atoms with van der Waals surface area (Å²) in [6.45, 7) is 2.43. The van der Waals surface area contributed by atoms with Crippen LogP contribution in [-0.4, -0.2) is 51.5 Å². The number of rotatable bonds is 3. The number of hydrogen-bond acceptors (Lipinski definition) is 5. The Morgan fingerprint density at radius 3 is 2.65 bits per heavy atom. The molecule has 2 heterocycles. The highest BCUT2D eigenvalue weighted by molar-refractivity contribution is 5.96. The average Bonchev–Trinajstić information content (AvgIpc) is 3.22. The van der Waals surface area contributed by atoms with Gasteiger partial charge in [0.1, 0.15) is 5.56 Å². The Labute approximate surface area is 117 Å². The largest absolute Gasteiger partial charge is 0.393 e. The number of nitrogens with zero attached hydrogens (tertiary/aromatic N) is 2. The van der Waals surface area contributed by atoms with Crippen LogP contribution in [-0.2, 0) is 0 Å². The van der Waals surface area contributed by atoms with Crippen molar-refractivity contribution in [2.75, 3.05) is 19.7 Å². The molecule has 0 atom stereocenters. The fourth-order valence-corrected chi connectivity index (χ4v) is 2.71. The number of aliphatic hydroxyl groups excluding tert-OH is 1. The highest BCUT2D eigenvalue weighted by Crippen LogP contribution is 2.42. The molecule has 1 saturated heterocycles. The predicted molar refractivity (Wildman–Crippen MR) is 70.4 cm³/mol. The molecule has 0 aromatic carbocycles. The Morgan fingerprint density at radius 2 is 2.10 bits per heavy atom. The highest BCUT2D eigenvalue weighted by atomic mass is 16.5. The van der Waals surface area contributed by atoms with Crippen molar-refractivity contribution in [1.82, 2.24) is 10.1 Å². The standard InChI is InChI=1S/C14H20N2O4/c1-9-11(12(20-15-9)10-2-3-10)13(18)16-6-4-14(19,8-17)5-7-16/h10,17,19H,2-8H2,1H3. The van der Waals surface area contributed by atoms with Crippen molar-refractivity contribution in [3.8, 4) is 0 Å². The van der Waals surface area contributed by atoms with Crippen molar-refractivity contribution < 1.29 is 19.5 Å². The molecule has 20 heavy (non-hydrogen) atoms. The van der Waals surface area contributed by atoms with E-state index in [0.717, 1.165) is 18.6 Å². The van der Waals surface area contributed by atoms with Crippen LogP contribution in [0.4, 0.5) is 0 Å². The number of hydrogen-bond donors (Lipinski definition) is 2. The van der Waals surface area contributed by atoms with Gasteiger partial charge >= 0.3 is 0 Å². The van der Waals surface area contributed by atoms with Crippen molar-refractivity contribution >= 4 is 5.91 Å². The Bertz CT molecular complexity index is 513. The third-order valence-electron chi connectivity index (χ3n) is 4.33. The van der Waals surface area contributed by atoms with Crippen molar-refractivity contribution in [2.45, 2.75) is 44.1 Å². The lowest BCUT2D eigenvalue weighted by molar-refractivity contribution is -0.0546. The van der Waals surface area contributed by atoms with E-state index in [2.05, 4.69) is 5.16 Å². The molecule has 1 aromatic heterocycles. The van der Waals surface area contributed by atoms with Crippen molar-refractivity contribution in [3.05, 3.63) is 17.0 Å². The third kappa shape index (κ3) is 2.33. The van der Waals surface area contributed by atoms with Gasteiger partial charge in [0, 0.05) is 19.0 Å². The van der Waals surface area contributed by atoms with E-state index in [1.165, 1.54) is 0 Å². The van der Waals surface area contributed by atoms with Gasteiger partial charge in [-0.1, -0.05) is 5.16 Å². The van der Waals surface area contributed by atoms with Crippen LogP contribution in [0.15, 0.2) is 4.52 Å². The van der Waals surface area contributed by atoms with E-state index in [1.807, 2.05) is 0 Å². The SMILES string of the molecule is Cc1noc(C2CC2)c1C(=O)N1CCC(O)(CO)CC1. The van der Waals surface area contributed by atoms with E-state index >= 15 is 0 Å². The topological polar surface area (TPSA) is 86.8 Å². The molecule has 1 aliphatic heterocycles. The predicted octanol–water partition coefficient (Wildman–Crippen LogP) is 0.820.